The van der Waals surface area contributed by atoms with Crippen LogP contribution in [0.25, 0.3) is 0 Å². The Morgan fingerprint density at radius 3 is 2.48 bits per heavy atom. The van der Waals surface area contributed by atoms with Crippen molar-refractivity contribution in [1.82, 2.24) is 5.32 Å². The highest BCUT2D eigenvalue weighted by Crippen LogP contribution is 2.29. The van der Waals surface area contributed by atoms with Gasteiger partial charge in [-0.25, -0.2) is 12.8 Å². The predicted molar refractivity (Wildman–Crippen MR) is 82.5 cm³/mol. The fraction of sp³-hybridized carbons (Fsp3) is 0.625. The Balaban J connectivity index is 2.35. The lowest BCUT2D eigenvalue weighted by atomic mass is 9.96. The van der Waals surface area contributed by atoms with Crippen molar-refractivity contribution in [3.8, 4) is 0 Å². The number of rotatable bonds is 4. The molecule has 5 heteroatoms. The molecule has 0 aliphatic heterocycles. The molecule has 21 heavy (non-hydrogen) atoms. The number of benzene rings is 1. The molecular weight excluding hydrogens is 289 g/mol. The lowest BCUT2D eigenvalue weighted by Gasteiger charge is -2.29. The van der Waals surface area contributed by atoms with E-state index in [9.17, 15) is 12.8 Å². The van der Waals surface area contributed by atoms with Gasteiger partial charge < -0.3 is 5.32 Å². The van der Waals surface area contributed by atoms with Crippen LogP contribution in [-0.2, 0) is 9.84 Å². The van der Waals surface area contributed by atoms with Crippen LogP contribution in [0.5, 0.6) is 0 Å². The van der Waals surface area contributed by atoms with Crippen LogP contribution in [0, 0.1) is 5.82 Å². The van der Waals surface area contributed by atoms with E-state index in [1.807, 2.05) is 6.92 Å². The Bertz CT molecular complexity index is 559. The summed E-state index contributed by atoms with van der Waals surface area (Å²) in [4.78, 5) is -0.154. The van der Waals surface area contributed by atoms with E-state index < -0.39 is 20.9 Å². The molecule has 0 radical (unpaired) electrons. The van der Waals surface area contributed by atoms with Gasteiger partial charge in [0.15, 0.2) is 9.84 Å². The van der Waals surface area contributed by atoms with Gasteiger partial charge in [-0.3, -0.25) is 0 Å². The Kier molecular flexibility index (Phi) is 5.76. The molecule has 1 aliphatic rings. The van der Waals surface area contributed by atoms with Gasteiger partial charge in [-0.2, -0.15) is 0 Å². The van der Waals surface area contributed by atoms with Gasteiger partial charge in [0.1, 0.15) is 10.7 Å². The van der Waals surface area contributed by atoms with Crippen LogP contribution in [0.2, 0.25) is 0 Å². The molecule has 0 bridgehead atoms. The van der Waals surface area contributed by atoms with Crippen molar-refractivity contribution in [3.63, 3.8) is 0 Å². The molecule has 0 aromatic heterocycles. The van der Waals surface area contributed by atoms with Crippen molar-refractivity contribution in [3.05, 3.63) is 30.1 Å². The van der Waals surface area contributed by atoms with E-state index in [1.165, 1.54) is 18.2 Å². The third-order valence-electron chi connectivity index (χ3n) is 4.21. The minimum atomic E-state index is -3.64. The minimum absolute atomic E-state index is 0.0834. The van der Waals surface area contributed by atoms with Crippen LogP contribution in [0.1, 0.15) is 45.4 Å². The molecule has 2 unspecified atom stereocenters. The summed E-state index contributed by atoms with van der Waals surface area (Å²) < 4.78 is 39.7. The molecular formula is C16H24FNO2S. The maximum atomic E-state index is 13.9. The summed E-state index contributed by atoms with van der Waals surface area (Å²) in [5.74, 6) is -0.644. The van der Waals surface area contributed by atoms with Crippen LogP contribution in [0.15, 0.2) is 29.2 Å². The molecule has 3 nitrogen and oxygen atoms in total. The quantitative estimate of drug-likeness (QED) is 0.927. The zero-order valence-electron chi connectivity index (χ0n) is 12.5. The summed E-state index contributed by atoms with van der Waals surface area (Å²) in [6.45, 7) is 2.71. The number of hydrogen-bond donors (Lipinski definition) is 1. The van der Waals surface area contributed by atoms with Gasteiger partial charge in [0.2, 0.25) is 0 Å². The summed E-state index contributed by atoms with van der Waals surface area (Å²) >= 11 is 0. The monoisotopic (exact) mass is 313 g/mol. The number of hydrogen-bond acceptors (Lipinski definition) is 3. The first-order valence-electron chi connectivity index (χ1n) is 7.79. The van der Waals surface area contributed by atoms with Crippen LogP contribution in [0.3, 0.4) is 0 Å². The maximum Gasteiger partial charge on any atom is 0.185 e. The van der Waals surface area contributed by atoms with Crippen LogP contribution >= 0.6 is 0 Å². The zero-order valence-corrected chi connectivity index (χ0v) is 13.3. The number of nitrogens with one attached hydrogen (secondary N) is 1. The fourth-order valence-electron chi connectivity index (χ4n) is 3.16. The summed E-state index contributed by atoms with van der Waals surface area (Å²) in [5, 5.41) is 2.76. The zero-order chi connectivity index (χ0) is 15.3. The Hall–Kier alpha value is -0.940. The predicted octanol–water partition coefficient (Wildman–Crippen LogP) is 3.30. The SMILES string of the molecule is CCNC1CCCCCCC1S(=O)(=O)c1ccccc1F. The molecule has 0 amide bonds. The molecule has 0 heterocycles. The second-order valence-electron chi connectivity index (χ2n) is 5.67. The second kappa shape index (κ2) is 7.36. The van der Waals surface area contributed by atoms with Gasteiger partial charge in [0.05, 0.1) is 5.25 Å². The first kappa shape index (κ1) is 16.4. The smallest absolute Gasteiger partial charge is 0.185 e. The lowest BCUT2D eigenvalue weighted by Crippen LogP contribution is -2.45. The fourth-order valence-corrected chi connectivity index (χ4v) is 5.23. The van der Waals surface area contributed by atoms with E-state index in [1.54, 1.807) is 6.07 Å². The Morgan fingerprint density at radius 2 is 1.81 bits per heavy atom. The van der Waals surface area contributed by atoms with Gasteiger partial charge in [0.25, 0.3) is 0 Å². The molecule has 1 N–H and O–H groups in total. The molecule has 2 atom stereocenters. The highest BCUT2D eigenvalue weighted by molar-refractivity contribution is 7.92. The minimum Gasteiger partial charge on any atom is -0.313 e. The normalized spacial score (nSPS) is 24.3. The number of halogens is 1. The maximum absolute atomic E-state index is 13.9. The highest BCUT2D eigenvalue weighted by Gasteiger charge is 2.35. The average molecular weight is 313 g/mol. The van der Waals surface area contributed by atoms with Crippen molar-refractivity contribution in [1.29, 1.82) is 0 Å². The first-order valence-corrected chi connectivity index (χ1v) is 9.33. The highest BCUT2D eigenvalue weighted by atomic mass is 32.2. The van der Waals surface area contributed by atoms with Crippen molar-refractivity contribution in [2.45, 2.75) is 61.6 Å². The topological polar surface area (TPSA) is 46.2 Å². The van der Waals surface area contributed by atoms with Crippen molar-refractivity contribution in [2.24, 2.45) is 0 Å². The molecule has 1 fully saturated rings. The molecule has 1 aromatic rings. The molecule has 2 rings (SSSR count). The Labute approximate surface area is 126 Å². The van der Waals surface area contributed by atoms with E-state index in [0.717, 1.165) is 38.6 Å². The van der Waals surface area contributed by atoms with Crippen LogP contribution in [0.4, 0.5) is 4.39 Å². The first-order chi connectivity index (χ1) is 10.1. The standard InChI is InChI=1S/C16H24FNO2S/c1-2-18-14-10-5-3-4-6-12-16(14)21(19,20)15-11-8-7-9-13(15)17/h7-9,11,14,16,18H,2-6,10,12H2,1H3. The molecule has 118 valence electrons. The number of sulfone groups is 1. The lowest BCUT2D eigenvalue weighted by molar-refractivity contribution is 0.391. The molecule has 0 saturated heterocycles. The molecule has 1 aliphatic carbocycles. The molecule has 0 spiro atoms. The van der Waals surface area contributed by atoms with E-state index in [2.05, 4.69) is 5.32 Å². The summed E-state index contributed by atoms with van der Waals surface area (Å²) in [5.41, 5.74) is 0. The van der Waals surface area contributed by atoms with Crippen LogP contribution < -0.4 is 5.32 Å². The van der Waals surface area contributed by atoms with Gasteiger partial charge in [-0.05, 0) is 31.5 Å². The summed E-state index contributed by atoms with van der Waals surface area (Å²) in [6.07, 6.45) is 5.57. The van der Waals surface area contributed by atoms with Crippen molar-refractivity contribution in [2.75, 3.05) is 6.54 Å². The van der Waals surface area contributed by atoms with Gasteiger partial charge in [-0.15, -0.1) is 0 Å². The second-order valence-corrected chi connectivity index (χ2v) is 7.80. The van der Waals surface area contributed by atoms with Gasteiger partial charge in [-0.1, -0.05) is 44.7 Å². The van der Waals surface area contributed by atoms with E-state index in [0.29, 0.717) is 6.42 Å². The molecule has 1 aromatic carbocycles. The Morgan fingerprint density at radius 1 is 1.14 bits per heavy atom. The third-order valence-corrected chi connectivity index (χ3v) is 6.52. The third kappa shape index (κ3) is 3.83. The largest absolute Gasteiger partial charge is 0.313 e. The van der Waals surface area contributed by atoms with Gasteiger partial charge in [0, 0.05) is 6.04 Å². The summed E-state index contributed by atoms with van der Waals surface area (Å²) in [7, 11) is -3.64. The van der Waals surface area contributed by atoms with Crippen molar-refractivity contribution < 1.29 is 12.8 Å². The van der Waals surface area contributed by atoms with Crippen LogP contribution in [-0.4, -0.2) is 26.3 Å². The van der Waals surface area contributed by atoms with E-state index in [-0.39, 0.29) is 10.9 Å². The van der Waals surface area contributed by atoms with E-state index in [4.69, 9.17) is 0 Å². The average Bonchev–Trinajstić information content (AvgIpc) is 2.42. The van der Waals surface area contributed by atoms with E-state index >= 15 is 0 Å². The van der Waals surface area contributed by atoms with Crippen molar-refractivity contribution >= 4 is 9.84 Å². The van der Waals surface area contributed by atoms with Gasteiger partial charge >= 0.3 is 0 Å². The summed E-state index contributed by atoms with van der Waals surface area (Å²) in [6, 6.07) is 5.62. The molecule has 1 saturated carbocycles.